The van der Waals surface area contributed by atoms with Crippen molar-refractivity contribution in [3.05, 3.63) is 34.9 Å². The van der Waals surface area contributed by atoms with Crippen molar-refractivity contribution < 1.29 is 4.79 Å². The molecule has 5 heteroatoms. The van der Waals surface area contributed by atoms with Crippen LogP contribution in [0.5, 0.6) is 0 Å². The molecule has 0 saturated heterocycles. The van der Waals surface area contributed by atoms with E-state index in [4.69, 9.17) is 17.3 Å². The average Bonchev–Trinajstić information content (AvgIpc) is 2.43. The van der Waals surface area contributed by atoms with Gasteiger partial charge in [-0.3, -0.25) is 9.69 Å². The highest BCUT2D eigenvalue weighted by Crippen LogP contribution is 2.23. The van der Waals surface area contributed by atoms with Gasteiger partial charge in [-0.25, -0.2) is 0 Å². The van der Waals surface area contributed by atoms with Crippen molar-refractivity contribution in [1.82, 2.24) is 10.2 Å². The largest absolute Gasteiger partial charge is 0.354 e. The normalized spacial score (nSPS) is 14.3. The van der Waals surface area contributed by atoms with Gasteiger partial charge in [0.15, 0.2) is 0 Å². The molecule has 1 aromatic carbocycles. The molecule has 21 heavy (non-hydrogen) atoms. The second-order valence-corrected chi connectivity index (χ2v) is 6.15. The van der Waals surface area contributed by atoms with Gasteiger partial charge < -0.3 is 11.1 Å². The number of carbonyl (C=O) groups is 1. The van der Waals surface area contributed by atoms with Crippen LogP contribution in [-0.2, 0) is 4.79 Å². The van der Waals surface area contributed by atoms with Gasteiger partial charge in [0.1, 0.15) is 0 Å². The Morgan fingerprint density at radius 1 is 1.29 bits per heavy atom. The van der Waals surface area contributed by atoms with Crippen LogP contribution in [0.2, 0.25) is 5.02 Å². The summed E-state index contributed by atoms with van der Waals surface area (Å²) in [5, 5.41) is 3.63. The Bertz CT molecular complexity index is 447. The van der Waals surface area contributed by atoms with Crippen molar-refractivity contribution >= 4 is 17.5 Å². The number of hydrogen-bond acceptors (Lipinski definition) is 3. The lowest BCUT2D eigenvalue weighted by Crippen LogP contribution is -2.44. The molecule has 0 spiro atoms. The minimum Gasteiger partial charge on any atom is -0.354 e. The molecule has 0 aromatic heterocycles. The molecule has 1 rings (SSSR count). The summed E-state index contributed by atoms with van der Waals surface area (Å²) >= 11 is 5.92. The number of rotatable bonds is 7. The highest BCUT2D eigenvalue weighted by Gasteiger charge is 2.22. The molecule has 118 valence electrons. The van der Waals surface area contributed by atoms with Gasteiger partial charge >= 0.3 is 0 Å². The monoisotopic (exact) mass is 311 g/mol. The number of carbonyl (C=O) groups excluding carboxylic acids is 1. The van der Waals surface area contributed by atoms with Crippen molar-refractivity contribution in [1.29, 1.82) is 0 Å². The van der Waals surface area contributed by atoms with Crippen LogP contribution in [0.25, 0.3) is 0 Å². The first kappa shape index (κ1) is 18.0. The second kappa shape index (κ2) is 8.37. The van der Waals surface area contributed by atoms with Gasteiger partial charge in [0, 0.05) is 36.1 Å². The van der Waals surface area contributed by atoms with Crippen LogP contribution in [0.15, 0.2) is 24.3 Å². The zero-order chi connectivity index (χ0) is 16.0. The number of halogens is 1. The smallest absolute Gasteiger partial charge is 0.221 e. The third-order valence-corrected chi connectivity index (χ3v) is 3.93. The average molecular weight is 312 g/mol. The first-order valence-electron chi connectivity index (χ1n) is 7.32. The van der Waals surface area contributed by atoms with E-state index >= 15 is 0 Å². The highest BCUT2D eigenvalue weighted by molar-refractivity contribution is 6.30. The SMILES string of the molecule is CC(C)NC(=O)CC(CN)N(C)C(C)c1ccc(Cl)cc1. The summed E-state index contributed by atoms with van der Waals surface area (Å²) in [5.41, 5.74) is 7.01. The fourth-order valence-corrected chi connectivity index (χ4v) is 2.41. The van der Waals surface area contributed by atoms with Crippen LogP contribution >= 0.6 is 11.6 Å². The van der Waals surface area contributed by atoms with Crippen LogP contribution in [0.3, 0.4) is 0 Å². The van der Waals surface area contributed by atoms with E-state index in [1.807, 2.05) is 45.2 Å². The predicted molar refractivity (Wildman–Crippen MR) is 88.4 cm³/mol. The van der Waals surface area contributed by atoms with E-state index in [0.717, 1.165) is 10.6 Å². The maximum atomic E-state index is 11.9. The summed E-state index contributed by atoms with van der Waals surface area (Å²) in [4.78, 5) is 14.1. The lowest BCUT2D eigenvalue weighted by Gasteiger charge is -2.32. The molecule has 0 saturated carbocycles. The molecule has 1 aromatic rings. The number of benzene rings is 1. The van der Waals surface area contributed by atoms with Gasteiger partial charge in [-0.1, -0.05) is 23.7 Å². The lowest BCUT2D eigenvalue weighted by atomic mass is 10.0. The fourth-order valence-electron chi connectivity index (χ4n) is 2.28. The number of nitrogens with zero attached hydrogens (tertiary/aromatic N) is 1. The van der Waals surface area contributed by atoms with E-state index in [9.17, 15) is 4.79 Å². The number of likely N-dealkylation sites (N-methyl/N-ethyl adjacent to an activating group) is 1. The quantitative estimate of drug-likeness (QED) is 0.813. The topological polar surface area (TPSA) is 58.4 Å². The zero-order valence-electron chi connectivity index (χ0n) is 13.3. The molecule has 0 aliphatic heterocycles. The summed E-state index contributed by atoms with van der Waals surface area (Å²) in [7, 11) is 2.00. The van der Waals surface area contributed by atoms with Crippen LogP contribution in [0.4, 0.5) is 0 Å². The maximum absolute atomic E-state index is 11.9. The minimum absolute atomic E-state index is 0.00873. The number of nitrogens with two attached hydrogens (primary N) is 1. The van der Waals surface area contributed by atoms with Gasteiger partial charge in [0.25, 0.3) is 0 Å². The summed E-state index contributed by atoms with van der Waals surface area (Å²) in [6.45, 7) is 6.46. The molecule has 0 aliphatic carbocycles. The highest BCUT2D eigenvalue weighted by atomic mass is 35.5. The van der Waals surface area contributed by atoms with Crippen molar-refractivity contribution in [2.75, 3.05) is 13.6 Å². The molecule has 2 unspecified atom stereocenters. The number of hydrogen-bond donors (Lipinski definition) is 2. The Morgan fingerprint density at radius 3 is 2.33 bits per heavy atom. The molecule has 1 amide bonds. The Hall–Kier alpha value is -1.10. The predicted octanol–water partition coefficient (Wildman–Crippen LogP) is 2.57. The van der Waals surface area contributed by atoms with E-state index in [0.29, 0.717) is 13.0 Å². The summed E-state index contributed by atoms with van der Waals surface area (Å²) in [6.07, 6.45) is 0.406. The van der Waals surface area contributed by atoms with Crippen LogP contribution in [0.1, 0.15) is 38.8 Å². The van der Waals surface area contributed by atoms with Gasteiger partial charge in [-0.2, -0.15) is 0 Å². The van der Waals surface area contributed by atoms with Gasteiger partial charge in [-0.15, -0.1) is 0 Å². The molecule has 0 radical (unpaired) electrons. The Balaban J connectivity index is 2.71. The maximum Gasteiger partial charge on any atom is 0.221 e. The van der Waals surface area contributed by atoms with Gasteiger partial charge in [-0.05, 0) is 45.5 Å². The molecule has 0 bridgehead atoms. The van der Waals surface area contributed by atoms with E-state index in [1.165, 1.54) is 0 Å². The van der Waals surface area contributed by atoms with Gasteiger partial charge in [0.05, 0.1) is 0 Å². The second-order valence-electron chi connectivity index (χ2n) is 5.71. The zero-order valence-corrected chi connectivity index (χ0v) is 14.0. The minimum atomic E-state index is 0.00873. The van der Waals surface area contributed by atoms with Gasteiger partial charge in [0.2, 0.25) is 5.91 Å². The standard InChI is InChI=1S/C16H26ClN3O/c1-11(2)19-16(21)9-15(10-18)20(4)12(3)13-5-7-14(17)8-6-13/h5-8,11-12,15H,9-10,18H2,1-4H3,(H,19,21). The van der Waals surface area contributed by atoms with Crippen LogP contribution < -0.4 is 11.1 Å². The Morgan fingerprint density at radius 2 is 1.86 bits per heavy atom. The fraction of sp³-hybridized carbons (Fsp3) is 0.562. The van der Waals surface area contributed by atoms with Crippen molar-refractivity contribution in [3.8, 4) is 0 Å². The van der Waals surface area contributed by atoms with E-state index < -0.39 is 0 Å². The summed E-state index contributed by atoms with van der Waals surface area (Å²) in [6, 6.07) is 8.09. The molecule has 2 atom stereocenters. The molecular weight excluding hydrogens is 286 g/mol. The Labute approximate surface area is 132 Å². The van der Waals surface area contributed by atoms with Crippen LogP contribution in [0, 0.1) is 0 Å². The van der Waals surface area contributed by atoms with Crippen molar-refractivity contribution in [2.45, 2.75) is 45.3 Å². The van der Waals surface area contributed by atoms with E-state index in [2.05, 4.69) is 17.1 Å². The number of nitrogens with one attached hydrogen (secondary N) is 1. The van der Waals surface area contributed by atoms with Crippen molar-refractivity contribution in [2.24, 2.45) is 5.73 Å². The van der Waals surface area contributed by atoms with Crippen LogP contribution in [-0.4, -0.2) is 36.5 Å². The summed E-state index contributed by atoms with van der Waals surface area (Å²) in [5.74, 6) is 0.0376. The van der Waals surface area contributed by atoms with Crippen molar-refractivity contribution in [3.63, 3.8) is 0 Å². The first-order valence-corrected chi connectivity index (χ1v) is 7.69. The molecule has 4 nitrogen and oxygen atoms in total. The molecule has 0 aliphatic rings. The third-order valence-electron chi connectivity index (χ3n) is 3.68. The van der Waals surface area contributed by atoms with E-state index in [-0.39, 0.29) is 24.0 Å². The molecule has 0 fully saturated rings. The molecular formula is C16H26ClN3O. The molecule has 0 heterocycles. The molecule has 3 N–H and O–H groups in total. The lowest BCUT2D eigenvalue weighted by molar-refractivity contribution is -0.122. The first-order chi connectivity index (χ1) is 9.85. The third kappa shape index (κ3) is 5.65. The Kier molecular flexibility index (Phi) is 7.15. The summed E-state index contributed by atoms with van der Waals surface area (Å²) < 4.78 is 0. The number of amides is 1. The van der Waals surface area contributed by atoms with E-state index in [1.54, 1.807) is 0 Å².